The third-order valence-electron chi connectivity index (χ3n) is 2.82. The van der Waals surface area contributed by atoms with Gasteiger partial charge in [-0.1, -0.05) is 18.2 Å². The summed E-state index contributed by atoms with van der Waals surface area (Å²) >= 11 is 0. The molecule has 0 radical (unpaired) electrons. The highest BCUT2D eigenvalue weighted by Crippen LogP contribution is 2.31. The van der Waals surface area contributed by atoms with Gasteiger partial charge in [-0.25, -0.2) is 0 Å². The summed E-state index contributed by atoms with van der Waals surface area (Å²) in [6, 6.07) is 8.22. The van der Waals surface area contributed by atoms with Gasteiger partial charge in [0.1, 0.15) is 12.4 Å². The molecule has 1 aliphatic rings. The molecule has 4 heteroatoms. The van der Waals surface area contributed by atoms with Crippen molar-refractivity contribution in [1.29, 1.82) is 0 Å². The largest absolute Gasteiger partial charge is 0.491 e. The summed E-state index contributed by atoms with van der Waals surface area (Å²) in [5.74, 6) is 1.04. The number of carbonyl (C=O) groups excluding carboxylic acids is 1. The lowest BCUT2D eigenvalue weighted by molar-refractivity contribution is -0.120. The minimum absolute atomic E-state index is 0.0900. The summed E-state index contributed by atoms with van der Waals surface area (Å²) in [6.07, 6.45) is 0.506. The molecule has 1 heterocycles. The number of rotatable bonds is 5. The van der Waals surface area contributed by atoms with Crippen LogP contribution < -0.4 is 15.4 Å². The van der Waals surface area contributed by atoms with Crippen LogP contribution in [0.3, 0.4) is 0 Å². The SMILES string of the molecule is CCNC(=O)CCNC1COc2ccccc21. The van der Waals surface area contributed by atoms with E-state index in [-0.39, 0.29) is 11.9 Å². The first-order chi connectivity index (χ1) is 8.31. The third kappa shape index (κ3) is 2.97. The van der Waals surface area contributed by atoms with Crippen molar-refractivity contribution in [1.82, 2.24) is 10.6 Å². The van der Waals surface area contributed by atoms with Crippen molar-refractivity contribution < 1.29 is 9.53 Å². The van der Waals surface area contributed by atoms with E-state index >= 15 is 0 Å². The second-order valence-corrected chi connectivity index (χ2v) is 4.06. The Morgan fingerprint density at radius 2 is 2.29 bits per heavy atom. The highest BCUT2D eigenvalue weighted by molar-refractivity contribution is 5.75. The summed E-state index contributed by atoms with van der Waals surface area (Å²) in [5, 5.41) is 6.12. The molecule has 2 N–H and O–H groups in total. The molecule has 0 spiro atoms. The molecule has 17 heavy (non-hydrogen) atoms. The second kappa shape index (κ2) is 5.68. The van der Waals surface area contributed by atoms with E-state index in [0.717, 1.165) is 5.75 Å². The van der Waals surface area contributed by atoms with E-state index in [1.165, 1.54) is 5.56 Å². The highest BCUT2D eigenvalue weighted by Gasteiger charge is 2.22. The van der Waals surface area contributed by atoms with Gasteiger partial charge in [-0.3, -0.25) is 4.79 Å². The smallest absolute Gasteiger partial charge is 0.221 e. The third-order valence-corrected chi connectivity index (χ3v) is 2.82. The molecular formula is C13H18N2O2. The Morgan fingerprint density at radius 1 is 1.47 bits per heavy atom. The zero-order valence-corrected chi connectivity index (χ0v) is 10.0. The molecule has 0 saturated heterocycles. The van der Waals surface area contributed by atoms with Crippen LogP contribution in [0.1, 0.15) is 24.9 Å². The molecule has 0 bridgehead atoms. The van der Waals surface area contributed by atoms with Gasteiger partial charge in [-0.05, 0) is 13.0 Å². The zero-order valence-electron chi connectivity index (χ0n) is 10.0. The normalized spacial score (nSPS) is 17.4. The van der Waals surface area contributed by atoms with Crippen LogP contribution in [0.15, 0.2) is 24.3 Å². The van der Waals surface area contributed by atoms with E-state index in [1.54, 1.807) is 0 Å². The fraction of sp³-hybridized carbons (Fsp3) is 0.462. The Balaban J connectivity index is 1.80. The first kappa shape index (κ1) is 11.9. The molecule has 92 valence electrons. The number of benzene rings is 1. The summed E-state index contributed by atoms with van der Waals surface area (Å²) in [4.78, 5) is 11.3. The molecule has 0 aliphatic carbocycles. The van der Waals surface area contributed by atoms with Crippen LogP contribution in [0.5, 0.6) is 5.75 Å². The quantitative estimate of drug-likeness (QED) is 0.806. The topological polar surface area (TPSA) is 50.4 Å². The molecule has 0 saturated carbocycles. The van der Waals surface area contributed by atoms with Gasteiger partial charge in [0, 0.05) is 25.1 Å². The molecule has 4 nitrogen and oxygen atoms in total. The second-order valence-electron chi connectivity index (χ2n) is 4.06. The van der Waals surface area contributed by atoms with Gasteiger partial charge >= 0.3 is 0 Å². The summed E-state index contributed by atoms with van der Waals surface area (Å²) in [7, 11) is 0. The fourth-order valence-electron chi connectivity index (χ4n) is 1.98. The van der Waals surface area contributed by atoms with Crippen LogP contribution in [0.4, 0.5) is 0 Å². The van der Waals surface area contributed by atoms with E-state index in [4.69, 9.17) is 4.74 Å². The standard InChI is InChI=1S/C13H18N2O2/c1-2-14-13(16)7-8-15-11-9-17-12-6-4-3-5-10(11)12/h3-6,11,15H,2,7-9H2,1H3,(H,14,16). The van der Waals surface area contributed by atoms with Crippen molar-refractivity contribution >= 4 is 5.91 Å². The number of ether oxygens (including phenoxy) is 1. The molecule has 1 unspecified atom stereocenters. The molecule has 1 atom stereocenters. The van der Waals surface area contributed by atoms with Gasteiger partial charge in [0.05, 0.1) is 6.04 Å². The van der Waals surface area contributed by atoms with Crippen LogP contribution in [-0.4, -0.2) is 25.6 Å². The van der Waals surface area contributed by atoms with Crippen molar-refractivity contribution in [3.05, 3.63) is 29.8 Å². The average molecular weight is 234 g/mol. The van der Waals surface area contributed by atoms with Crippen molar-refractivity contribution in [2.45, 2.75) is 19.4 Å². The lowest BCUT2D eigenvalue weighted by Gasteiger charge is -2.11. The van der Waals surface area contributed by atoms with Gasteiger partial charge in [0.15, 0.2) is 0 Å². The summed E-state index contributed by atoms with van der Waals surface area (Å²) in [6.45, 7) is 3.93. The maximum atomic E-state index is 11.3. The summed E-state index contributed by atoms with van der Waals surface area (Å²) in [5.41, 5.74) is 1.18. The molecule has 1 aromatic rings. The van der Waals surface area contributed by atoms with E-state index < -0.39 is 0 Å². The van der Waals surface area contributed by atoms with Crippen LogP contribution >= 0.6 is 0 Å². The predicted molar refractivity (Wildman–Crippen MR) is 66.0 cm³/mol. The number of hydrogen-bond acceptors (Lipinski definition) is 3. The number of hydrogen-bond donors (Lipinski definition) is 2. The van der Waals surface area contributed by atoms with Crippen molar-refractivity contribution in [2.75, 3.05) is 19.7 Å². The Labute approximate surface area is 101 Å². The van der Waals surface area contributed by atoms with Gasteiger partial charge in [-0.2, -0.15) is 0 Å². The Morgan fingerprint density at radius 3 is 3.12 bits per heavy atom. The number of para-hydroxylation sites is 1. The van der Waals surface area contributed by atoms with Gasteiger partial charge in [-0.15, -0.1) is 0 Å². The number of carbonyl (C=O) groups is 1. The Kier molecular flexibility index (Phi) is 3.98. The van der Waals surface area contributed by atoms with Gasteiger partial charge < -0.3 is 15.4 Å². The molecule has 1 amide bonds. The average Bonchev–Trinajstić information content (AvgIpc) is 2.73. The van der Waals surface area contributed by atoms with Gasteiger partial charge in [0.25, 0.3) is 0 Å². The van der Waals surface area contributed by atoms with Crippen LogP contribution in [0.2, 0.25) is 0 Å². The first-order valence-electron chi connectivity index (χ1n) is 6.03. The molecule has 2 rings (SSSR count). The minimum atomic E-state index is 0.0900. The fourth-order valence-corrected chi connectivity index (χ4v) is 1.98. The van der Waals surface area contributed by atoms with Crippen molar-refractivity contribution in [3.8, 4) is 5.75 Å². The minimum Gasteiger partial charge on any atom is -0.491 e. The van der Waals surface area contributed by atoms with E-state index in [1.807, 2.05) is 25.1 Å². The van der Waals surface area contributed by atoms with E-state index in [2.05, 4.69) is 16.7 Å². The van der Waals surface area contributed by atoms with Crippen LogP contribution in [-0.2, 0) is 4.79 Å². The van der Waals surface area contributed by atoms with Gasteiger partial charge in [0.2, 0.25) is 5.91 Å². The summed E-state index contributed by atoms with van der Waals surface area (Å²) < 4.78 is 5.55. The Hall–Kier alpha value is -1.55. The Bertz CT molecular complexity index is 393. The van der Waals surface area contributed by atoms with Crippen molar-refractivity contribution in [3.63, 3.8) is 0 Å². The molecule has 0 aromatic heterocycles. The lowest BCUT2D eigenvalue weighted by atomic mass is 10.1. The maximum absolute atomic E-state index is 11.3. The van der Waals surface area contributed by atoms with Crippen LogP contribution in [0, 0.1) is 0 Å². The number of nitrogens with one attached hydrogen (secondary N) is 2. The molecule has 1 aliphatic heterocycles. The maximum Gasteiger partial charge on any atom is 0.221 e. The highest BCUT2D eigenvalue weighted by atomic mass is 16.5. The monoisotopic (exact) mass is 234 g/mol. The number of fused-ring (bicyclic) bond motifs is 1. The van der Waals surface area contributed by atoms with E-state index in [0.29, 0.717) is 26.1 Å². The van der Waals surface area contributed by atoms with Crippen LogP contribution in [0.25, 0.3) is 0 Å². The lowest BCUT2D eigenvalue weighted by Crippen LogP contribution is -2.29. The van der Waals surface area contributed by atoms with Crippen molar-refractivity contribution in [2.24, 2.45) is 0 Å². The molecule has 0 fully saturated rings. The number of amides is 1. The zero-order chi connectivity index (χ0) is 12.1. The molecule has 1 aromatic carbocycles. The first-order valence-corrected chi connectivity index (χ1v) is 6.03. The molecular weight excluding hydrogens is 216 g/mol. The predicted octanol–water partition coefficient (Wildman–Crippen LogP) is 1.24. The van der Waals surface area contributed by atoms with E-state index in [9.17, 15) is 4.79 Å².